The van der Waals surface area contributed by atoms with Crippen LogP contribution in [0.4, 0.5) is 14.5 Å². The molecule has 2 aliphatic rings. The maximum absolute atomic E-state index is 14.9. The van der Waals surface area contributed by atoms with Crippen LogP contribution in [-0.2, 0) is 25.4 Å². The van der Waals surface area contributed by atoms with Gasteiger partial charge in [0.05, 0.1) is 23.7 Å². The highest BCUT2D eigenvalue weighted by Crippen LogP contribution is 2.26. The molecular weight excluding hydrogens is 466 g/mol. The molecule has 182 valence electrons. The molecule has 1 saturated heterocycles. The van der Waals surface area contributed by atoms with Gasteiger partial charge in [-0.2, -0.15) is 4.31 Å². The fourth-order valence-electron chi connectivity index (χ4n) is 4.02. The molecule has 2 heterocycles. The van der Waals surface area contributed by atoms with Crippen molar-refractivity contribution in [2.45, 2.75) is 25.2 Å². The summed E-state index contributed by atoms with van der Waals surface area (Å²) in [5, 5.41) is 6.68. The van der Waals surface area contributed by atoms with Crippen molar-refractivity contribution in [1.29, 1.82) is 0 Å². The lowest BCUT2D eigenvalue weighted by molar-refractivity contribution is -0.119. The minimum atomic E-state index is -3.69. The van der Waals surface area contributed by atoms with E-state index in [1.807, 2.05) is 0 Å². The van der Waals surface area contributed by atoms with Crippen LogP contribution < -0.4 is 10.2 Å². The van der Waals surface area contributed by atoms with Gasteiger partial charge in [0.1, 0.15) is 17.7 Å². The molecule has 2 aliphatic heterocycles. The molecule has 8 nitrogen and oxygen atoms in total. The maximum Gasteiger partial charge on any atom is 0.218 e. The topological polar surface area (TPSA) is 91.3 Å². The Balaban J connectivity index is 1.36. The molecule has 0 aliphatic carbocycles. The first-order valence-electron chi connectivity index (χ1n) is 11.0. The second-order valence-electron chi connectivity index (χ2n) is 8.31. The van der Waals surface area contributed by atoms with Crippen molar-refractivity contribution in [3.63, 3.8) is 0 Å². The lowest BCUT2D eigenvalue weighted by Gasteiger charge is -2.35. The third kappa shape index (κ3) is 5.53. The Morgan fingerprint density at radius 3 is 2.53 bits per heavy atom. The zero-order chi connectivity index (χ0) is 24.3. The van der Waals surface area contributed by atoms with Crippen molar-refractivity contribution in [3.8, 4) is 0 Å². The number of nitrogens with one attached hydrogen (secondary N) is 1. The largest absolute Gasteiger partial charge is 0.390 e. The second-order valence-corrected chi connectivity index (χ2v) is 10.3. The van der Waals surface area contributed by atoms with E-state index in [2.05, 4.69) is 10.5 Å². The maximum atomic E-state index is 14.9. The van der Waals surface area contributed by atoms with Gasteiger partial charge >= 0.3 is 0 Å². The highest BCUT2D eigenvalue weighted by molar-refractivity contribution is 7.88. The summed E-state index contributed by atoms with van der Waals surface area (Å²) in [6, 6.07) is 10.6. The van der Waals surface area contributed by atoms with Gasteiger partial charge in [-0.15, -0.1) is 0 Å². The molecule has 0 aromatic heterocycles. The van der Waals surface area contributed by atoms with Crippen molar-refractivity contribution in [2.24, 2.45) is 5.16 Å². The number of carbonyl (C=O) groups is 1. The monoisotopic (exact) mass is 492 g/mol. The molecule has 1 fully saturated rings. The minimum Gasteiger partial charge on any atom is -0.390 e. The first kappa shape index (κ1) is 24.1. The third-order valence-electron chi connectivity index (χ3n) is 5.86. The van der Waals surface area contributed by atoms with Crippen LogP contribution in [0, 0.1) is 11.6 Å². The number of hydrogen-bond donors (Lipinski definition) is 1. The standard InChI is InChI=1S/C23H26F2N4O4S/c1-16(30)26-14-19-13-22(27-33-19)17-6-7-23(21(25)12-17)28-8-10-29(11-9-28)34(31,32)15-18-4-2-3-5-20(18)24/h2-7,12,19H,8-11,13-15H2,1H3,(H,26,30). The Kier molecular flexibility index (Phi) is 7.13. The lowest BCUT2D eigenvalue weighted by atomic mass is 10.0. The van der Waals surface area contributed by atoms with Crippen LogP contribution in [0.5, 0.6) is 0 Å². The number of amides is 1. The van der Waals surface area contributed by atoms with Crippen LogP contribution in [0.15, 0.2) is 47.6 Å². The summed E-state index contributed by atoms with van der Waals surface area (Å²) in [6.07, 6.45) is 0.165. The van der Waals surface area contributed by atoms with E-state index in [9.17, 15) is 22.0 Å². The molecule has 1 atom stereocenters. The summed E-state index contributed by atoms with van der Waals surface area (Å²) in [6.45, 7) is 2.74. The smallest absolute Gasteiger partial charge is 0.218 e. The fourth-order valence-corrected chi connectivity index (χ4v) is 5.55. The predicted molar refractivity (Wildman–Crippen MR) is 124 cm³/mol. The van der Waals surface area contributed by atoms with Gasteiger partial charge in [-0.1, -0.05) is 29.4 Å². The highest BCUT2D eigenvalue weighted by atomic mass is 32.2. The first-order chi connectivity index (χ1) is 16.2. The van der Waals surface area contributed by atoms with Gasteiger partial charge in [-0.05, 0) is 18.2 Å². The minimum absolute atomic E-state index is 0.129. The summed E-state index contributed by atoms with van der Waals surface area (Å²) in [5.41, 5.74) is 1.71. The molecule has 34 heavy (non-hydrogen) atoms. The summed E-state index contributed by atoms with van der Waals surface area (Å²) in [4.78, 5) is 18.1. The van der Waals surface area contributed by atoms with Crippen LogP contribution in [0.2, 0.25) is 0 Å². The van der Waals surface area contributed by atoms with Crippen molar-refractivity contribution < 1.29 is 26.8 Å². The zero-order valence-corrected chi connectivity index (χ0v) is 19.5. The Morgan fingerprint density at radius 2 is 1.85 bits per heavy atom. The zero-order valence-electron chi connectivity index (χ0n) is 18.7. The Hall–Kier alpha value is -3.05. The van der Waals surface area contributed by atoms with Crippen LogP contribution >= 0.6 is 0 Å². The third-order valence-corrected chi connectivity index (χ3v) is 7.69. The van der Waals surface area contributed by atoms with Crippen molar-refractivity contribution >= 4 is 27.3 Å². The van der Waals surface area contributed by atoms with Gasteiger partial charge in [0.25, 0.3) is 0 Å². The molecular formula is C23H26F2N4O4S. The van der Waals surface area contributed by atoms with Crippen LogP contribution in [-0.4, -0.2) is 63.2 Å². The molecule has 0 spiro atoms. The average Bonchev–Trinajstić information content (AvgIpc) is 3.28. The van der Waals surface area contributed by atoms with E-state index >= 15 is 0 Å². The number of piperazine rings is 1. The molecule has 0 saturated carbocycles. The summed E-state index contributed by atoms with van der Waals surface area (Å²) in [7, 11) is -3.69. The quantitative estimate of drug-likeness (QED) is 0.640. The molecule has 1 amide bonds. The average molecular weight is 493 g/mol. The van der Waals surface area contributed by atoms with E-state index in [0.29, 0.717) is 43.0 Å². The van der Waals surface area contributed by atoms with Gasteiger partial charge in [0.2, 0.25) is 15.9 Å². The molecule has 11 heteroatoms. The number of carbonyl (C=O) groups excluding carboxylic acids is 1. The Labute approximate surface area is 197 Å². The number of nitrogens with zero attached hydrogens (tertiary/aromatic N) is 3. The first-order valence-corrected chi connectivity index (χ1v) is 12.6. The SMILES string of the molecule is CC(=O)NCC1CC(c2ccc(N3CCN(S(=O)(=O)Cc4ccccc4F)CC3)c(F)c2)=NO1. The van der Waals surface area contributed by atoms with Gasteiger partial charge in [-0.3, -0.25) is 4.79 Å². The van der Waals surface area contributed by atoms with Crippen LogP contribution in [0.3, 0.4) is 0 Å². The Bertz CT molecular complexity index is 1200. The summed E-state index contributed by atoms with van der Waals surface area (Å²) >= 11 is 0. The van der Waals surface area contributed by atoms with E-state index in [0.717, 1.165) is 0 Å². The molecule has 1 unspecified atom stereocenters. The van der Waals surface area contributed by atoms with Crippen molar-refractivity contribution in [2.75, 3.05) is 37.6 Å². The molecule has 1 N–H and O–H groups in total. The Morgan fingerprint density at radius 1 is 1.12 bits per heavy atom. The number of oxime groups is 1. The second kappa shape index (κ2) is 10.1. The molecule has 0 bridgehead atoms. The molecule has 2 aromatic carbocycles. The van der Waals surface area contributed by atoms with Gasteiger partial charge in [0.15, 0.2) is 0 Å². The van der Waals surface area contributed by atoms with E-state index in [1.54, 1.807) is 23.1 Å². The van der Waals surface area contributed by atoms with E-state index in [4.69, 9.17) is 4.84 Å². The van der Waals surface area contributed by atoms with Crippen molar-refractivity contribution in [3.05, 3.63) is 65.2 Å². The van der Waals surface area contributed by atoms with Crippen LogP contribution in [0.25, 0.3) is 0 Å². The normalized spacial score (nSPS) is 19.0. The molecule has 2 aromatic rings. The summed E-state index contributed by atoms with van der Waals surface area (Å²) in [5.74, 6) is -1.55. The van der Waals surface area contributed by atoms with Gasteiger partial charge in [-0.25, -0.2) is 17.2 Å². The molecule has 4 rings (SSSR count). The van der Waals surface area contributed by atoms with E-state index < -0.39 is 27.4 Å². The lowest BCUT2D eigenvalue weighted by Crippen LogP contribution is -2.49. The number of anilines is 1. The van der Waals surface area contributed by atoms with Gasteiger partial charge in [0, 0.05) is 50.7 Å². The predicted octanol–water partition coefficient (Wildman–Crippen LogP) is 2.25. The number of halogens is 2. The number of benzene rings is 2. The highest BCUT2D eigenvalue weighted by Gasteiger charge is 2.29. The molecule has 0 radical (unpaired) electrons. The van der Waals surface area contributed by atoms with Crippen molar-refractivity contribution in [1.82, 2.24) is 9.62 Å². The van der Waals surface area contributed by atoms with E-state index in [-0.39, 0.29) is 30.7 Å². The van der Waals surface area contributed by atoms with Gasteiger partial charge < -0.3 is 15.1 Å². The van der Waals surface area contributed by atoms with E-state index in [1.165, 1.54) is 35.5 Å². The number of rotatable bonds is 7. The van der Waals surface area contributed by atoms with Crippen LogP contribution in [0.1, 0.15) is 24.5 Å². The fraction of sp³-hybridized carbons (Fsp3) is 0.391. The number of hydrogen-bond acceptors (Lipinski definition) is 6. The summed E-state index contributed by atoms with van der Waals surface area (Å²) < 4.78 is 55.6. The number of sulfonamides is 1.